The predicted molar refractivity (Wildman–Crippen MR) is 142 cm³/mol. The summed E-state index contributed by atoms with van der Waals surface area (Å²) in [6.45, 7) is 15.5. The summed E-state index contributed by atoms with van der Waals surface area (Å²) in [6, 6.07) is 3.87. The molecule has 1 N–H and O–H groups in total. The number of hydrogen-bond acceptors (Lipinski definition) is 8. The minimum atomic E-state index is -0.603. The van der Waals surface area contributed by atoms with Gasteiger partial charge < -0.3 is 14.8 Å². The molecule has 3 heterocycles. The first-order valence-corrected chi connectivity index (χ1v) is 13.6. The van der Waals surface area contributed by atoms with Crippen molar-refractivity contribution < 1.29 is 19.1 Å². The quantitative estimate of drug-likeness (QED) is 0.372. The number of aromatic nitrogens is 1. The van der Waals surface area contributed by atoms with Crippen LogP contribution in [0.1, 0.15) is 63.8 Å². The van der Waals surface area contributed by atoms with E-state index in [1.807, 2.05) is 72.9 Å². The van der Waals surface area contributed by atoms with Crippen LogP contribution in [0, 0.1) is 6.92 Å². The number of anilines is 1. The molecule has 1 atom stereocenters. The molecule has 3 rings (SSSR count). The van der Waals surface area contributed by atoms with Crippen molar-refractivity contribution in [2.24, 2.45) is 0 Å². The highest BCUT2D eigenvalue weighted by Gasteiger charge is 2.29. The van der Waals surface area contributed by atoms with Gasteiger partial charge in [0.1, 0.15) is 21.7 Å². The minimum absolute atomic E-state index is 0.114. The molecule has 2 amide bonds. The number of fused-ring (bicyclic) bond motifs is 1. The number of thiophene rings is 2. The average Bonchev–Trinajstić information content (AvgIpc) is 3.36. The van der Waals surface area contributed by atoms with E-state index in [0.29, 0.717) is 13.0 Å². The van der Waals surface area contributed by atoms with E-state index in [4.69, 9.17) is 9.47 Å². The SMILES string of the molecule is Cc1c(CC(C)NC(=O)OC(C)(C)C)sc2c(N(Cc3cccs3)C(=O)OC(C)(C)C)snc12. The zero-order valence-corrected chi connectivity index (χ0v) is 23.4. The van der Waals surface area contributed by atoms with Crippen LogP contribution in [0.25, 0.3) is 10.2 Å². The third-order valence-corrected chi connectivity index (χ3v) is 7.81. The molecule has 1 unspecified atom stereocenters. The zero-order valence-electron chi connectivity index (χ0n) is 21.0. The Bertz CT molecular complexity index is 1140. The third-order valence-electron chi connectivity index (χ3n) is 4.64. The summed E-state index contributed by atoms with van der Waals surface area (Å²) in [5.41, 5.74) is 0.815. The first-order valence-electron chi connectivity index (χ1n) is 11.1. The van der Waals surface area contributed by atoms with Gasteiger partial charge in [-0.05, 0) is 83.9 Å². The van der Waals surface area contributed by atoms with Gasteiger partial charge in [-0.2, -0.15) is 4.37 Å². The maximum absolute atomic E-state index is 13.2. The molecular weight excluding hydrogens is 490 g/mol. The van der Waals surface area contributed by atoms with E-state index < -0.39 is 17.3 Å². The molecule has 0 aliphatic rings. The summed E-state index contributed by atoms with van der Waals surface area (Å²) in [5, 5.41) is 5.68. The van der Waals surface area contributed by atoms with Crippen molar-refractivity contribution in [1.82, 2.24) is 9.69 Å². The van der Waals surface area contributed by atoms with Gasteiger partial charge >= 0.3 is 12.2 Å². The first-order chi connectivity index (χ1) is 15.7. The summed E-state index contributed by atoms with van der Waals surface area (Å²) >= 11 is 4.53. The molecule has 3 aromatic heterocycles. The average molecular weight is 524 g/mol. The number of alkyl carbamates (subject to hydrolysis) is 1. The van der Waals surface area contributed by atoms with Crippen molar-refractivity contribution in [2.45, 2.75) is 85.6 Å². The van der Waals surface area contributed by atoms with Crippen molar-refractivity contribution in [3.63, 3.8) is 0 Å². The third kappa shape index (κ3) is 6.93. The summed E-state index contributed by atoms with van der Waals surface area (Å²) in [5.74, 6) is 0. The Morgan fingerprint density at radius 2 is 1.82 bits per heavy atom. The Kier molecular flexibility index (Phi) is 7.94. The van der Waals surface area contributed by atoms with Crippen LogP contribution in [0.4, 0.5) is 14.6 Å². The van der Waals surface area contributed by atoms with Gasteiger partial charge in [0.2, 0.25) is 0 Å². The van der Waals surface area contributed by atoms with E-state index in [-0.39, 0.29) is 12.1 Å². The first kappa shape index (κ1) is 26.4. The van der Waals surface area contributed by atoms with Gasteiger partial charge in [0, 0.05) is 22.2 Å². The lowest BCUT2D eigenvalue weighted by atomic mass is 10.1. The van der Waals surface area contributed by atoms with E-state index in [1.54, 1.807) is 27.6 Å². The van der Waals surface area contributed by atoms with Crippen molar-refractivity contribution >= 4 is 61.6 Å². The maximum Gasteiger partial charge on any atom is 0.415 e. The summed E-state index contributed by atoms with van der Waals surface area (Å²) < 4.78 is 16.7. The second-order valence-corrected chi connectivity index (χ2v) is 13.1. The van der Waals surface area contributed by atoms with Crippen molar-refractivity contribution in [3.8, 4) is 0 Å². The van der Waals surface area contributed by atoms with Gasteiger partial charge in [-0.3, -0.25) is 4.90 Å². The number of amides is 2. The van der Waals surface area contributed by atoms with Gasteiger partial charge in [-0.25, -0.2) is 9.59 Å². The fraction of sp³-hybridized carbons (Fsp3) is 0.542. The van der Waals surface area contributed by atoms with Crippen LogP contribution in [0.5, 0.6) is 0 Å². The molecule has 10 heteroatoms. The largest absolute Gasteiger partial charge is 0.444 e. The number of rotatable bonds is 6. The lowest BCUT2D eigenvalue weighted by molar-refractivity contribution is 0.0507. The van der Waals surface area contributed by atoms with Gasteiger partial charge in [-0.1, -0.05) is 6.07 Å². The Morgan fingerprint density at radius 1 is 1.15 bits per heavy atom. The fourth-order valence-corrected chi connectivity index (χ4v) is 6.37. The van der Waals surface area contributed by atoms with Crippen LogP contribution < -0.4 is 10.2 Å². The van der Waals surface area contributed by atoms with Crippen LogP contribution >= 0.6 is 34.2 Å². The Labute approximate surface area is 213 Å². The van der Waals surface area contributed by atoms with Gasteiger partial charge in [-0.15, -0.1) is 22.7 Å². The van der Waals surface area contributed by atoms with E-state index in [0.717, 1.165) is 30.5 Å². The summed E-state index contributed by atoms with van der Waals surface area (Å²) in [7, 11) is 0. The number of nitrogens with zero attached hydrogens (tertiary/aromatic N) is 2. The molecule has 0 aromatic carbocycles. The Hall–Kier alpha value is -2.17. The molecule has 0 aliphatic heterocycles. The monoisotopic (exact) mass is 523 g/mol. The van der Waals surface area contributed by atoms with Crippen LogP contribution in [0.2, 0.25) is 0 Å². The number of carbonyl (C=O) groups is 2. The highest BCUT2D eigenvalue weighted by molar-refractivity contribution is 7.25. The molecule has 186 valence electrons. The number of aryl methyl sites for hydroxylation is 1. The smallest absolute Gasteiger partial charge is 0.415 e. The van der Waals surface area contributed by atoms with Crippen LogP contribution in [-0.2, 0) is 22.4 Å². The molecule has 0 radical (unpaired) electrons. The van der Waals surface area contributed by atoms with Gasteiger partial charge in [0.05, 0.1) is 11.2 Å². The standard InChI is InChI=1S/C24H33N3O4S3/c1-14(25-21(28)30-23(3,4)5)12-17-15(2)18-19(33-17)20(34-26-18)27(13-16-10-9-11-32-16)22(29)31-24(6,7)8/h9-11,14H,12-13H2,1-8H3,(H,25,28). The number of ether oxygens (including phenoxy) is 2. The fourth-order valence-electron chi connectivity index (χ4n) is 3.23. The molecule has 0 aliphatic carbocycles. The molecule has 0 fully saturated rings. The molecule has 3 aromatic rings. The van der Waals surface area contributed by atoms with Crippen molar-refractivity contribution in [3.05, 3.63) is 32.8 Å². The second kappa shape index (κ2) is 10.2. The van der Waals surface area contributed by atoms with Gasteiger partial charge in [0.15, 0.2) is 0 Å². The second-order valence-electron chi connectivity index (χ2n) is 10.2. The van der Waals surface area contributed by atoms with Crippen LogP contribution in [0.15, 0.2) is 17.5 Å². The van der Waals surface area contributed by atoms with E-state index in [9.17, 15) is 9.59 Å². The molecule has 7 nitrogen and oxygen atoms in total. The molecule has 0 spiro atoms. The summed E-state index contributed by atoms with van der Waals surface area (Å²) in [4.78, 5) is 29.2. The topological polar surface area (TPSA) is 80.8 Å². The minimum Gasteiger partial charge on any atom is -0.444 e. The molecule has 0 saturated carbocycles. The van der Waals surface area contributed by atoms with Crippen LogP contribution in [-0.4, -0.2) is 33.8 Å². The molecule has 34 heavy (non-hydrogen) atoms. The predicted octanol–water partition coefficient (Wildman–Crippen LogP) is 7.13. The van der Waals surface area contributed by atoms with E-state index in [1.165, 1.54) is 11.5 Å². The normalized spacial score (nSPS) is 13.1. The number of carbonyl (C=O) groups excluding carboxylic acids is 2. The Morgan fingerprint density at radius 3 is 2.41 bits per heavy atom. The van der Waals surface area contributed by atoms with Crippen molar-refractivity contribution in [1.29, 1.82) is 0 Å². The van der Waals surface area contributed by atoms with Crippen molar-refractivity contribution in [2.75, 3.05) is 4.90 Å². The van der Waals surface area contributed by atoms with E-state index in [2.05, 4.69) is 9.69 Å². The number of nitrogens with one attached hydrogen (secondary N) is 1. The molecule has 0 bridgehead atoms. The number of hydrogen-bond donors (Lipinski definition) is 1. The van der Waals surface area contributed by atoms with E-state index >= 15 is 0 Å². The lowest BCUT2D eigenvalue weighted by Gasteiger charge is -2.26. The zero-order chi connectivity index (χ0) is 25.3. The maximum atomic E-state index is 13.2. The molecular formula is C24H33N3O4S3. The highest BCUT2D eigenvalue weighted by Crippen LogP contribution is 2.42. The highest BCUT2D eigenvalue weighted by atomic mass is 32.1. The molecule has 0 saturated heterocycles. The van der Waals surface area contributed by atoms with Gasteiger partial charge in [0.25, 0.3) is 0 Å². The summed E-state index contributed by atoms with van der Waals surface area (Å²) in [6.07, 6.45) is -0.173. The Balaban J connectivity index is 1.86. The van der Waals surface area contributed by atoms with Crippen LogP contribution in [0.3, 0.4) is 0 Å². The lowest BCUT2D eigenvalue weighted by Crippen LogP contribution is -2.38.